The number of carboxylic acid groups (broad SMARTS) is 1. The van der Waals surface area contributed by atoms with Crippen LogP contribution in [0, 0.1) is 6.92 Å². The van der Waals surface area contributed by atoms with Crippen molar-refractivity contribution in [2.75, 3.05) is 13.2 Å². The highest BCUT2D eigenvalue weighted by molar-refractivity contribution is 7.22. The molecule has 1 aliphatic rings. The second-order valence-corrected chi connectivity index (χ2v) is 13.0. The molecule has 1 atom stereocenters. The molecule has 216 valence electrons. The third-order valence-corrected chi connectivity index (χ3v) is 8.77. The highest BCUT2D eigenvalue weighted by Gasteiger charge is 2.32. The van der Waals surface area contributed by atoms with Gasteiger partial charge in [0, 0.05) is 34.1 Å². The molecule has 7 nitrogen and oxygen atoms in total. The van der Waals surface area contributed by atoms with Gasteiger partial charge < -0.3 is 14.6 Å². The molecule has 0 fully saturated rings. The molecule has 0 unspecified atom stereocenters. The normalized spacial score (nSPS) is 14.9. The van der Waals surface area contributed by atoms with Crippen molar-refractivity contribution in [3.05, 3.63) is 76.5 Å². The average Bonchev–Trinajstić information content (AvgIpc) is 3.52. The fourth-order valence-electron chi connectivity index (χ4n) is 5.54. The van der Waals surface area contributed by atoms with Gasteiger partial charge >= 0.3 is 5.97 Å². The predicted molar refractivity (Wildman–Crippen MR) is 169 cm³/mol. The third kappa shape index (κ3) is 5.36. The van der Waals surface area contributed by atoms with Crippen LogP contribution in [0.2, 0.25) is 5.02 Å². The largest absolute Gasteiger partial charge is 0.479 e. The van der Waals surface area contributed by atoms with E-state index in [2.05, 4.69) is 24.3 Å². The van der Waals surface area contributed by atoms with Crippen LogP contribution in [0.3, 0.4) is 0 Å². The first-order valence-corrected chi connectivity index (χ1v) is 15.0. The van der Waals surface area contributed by atoms with Gasteiger partial charge in [-0.15, -0.1) is 11.3 Å². The summed E-state index contributed by atoms with van der Waals surface area (Å²) in [6, 6.07) is 15.8. The predicted octanol–water partition coefficient (Wildman–Crippen LogP) is 8.22. The Hall–Kier alpha value is -3.56. The minimum atomic E-state index is -1.16. The summed E-state index contributed by atoms with van der Waals surface area (Å²) in [6.07, 6.45) is 1.77. The fraction of sp³-hybridized carbons (Fsp3) is 0.303. The molecule has 0 spiro atoms. The highest BCUT2D eigenvalue weighted by Crippen LogP contribution is 2.45. The number of halogens is 1. The van der Waals surface area contributed by atoms with E-state index >= 15 is 0 Å². The topological polar surface area (TPSA) is 86.5 Å². The van der Waals surface area contributed by atoms with Gasteiger partial charge in [-0.1, -0.05) is 29.8 Å². The molecule has 0 bridgehead atoms. The Bertz CT molecular complexity index is 1860. The molecule has 2 aromatic heterocycles. The third-order valence-electron chi connectivity index (χ3n) is 7.38. The second-order valence-electron chi connectivity index (χ2n) is 11.6. The minimum absolute atomic E-state index is 0.594. The molecule has 3 heterocycles. The van der Waals surface area contributed by atoms with Crippen molar-refractivity contribution in [1.29, 1.82) is 0 Å². The number of nitrogens with zero attached hydrogens (tertiary/aromatic N) is 3. The first-order valence-electron chi connectivity index (χ1n) is 13.8. The zero-order valence-corrected chi connectivity index (χ0v) is 25.8. The lowest BCUT2D eigenvalue weighted by atomic mass is 9.91. The summed E-state index contributed by atoms with van der Waals surface area (Å²) in [5.41, 5.74) is 7.42. The molecule has 0 saturated heterocycles. The zero-order valence-electron chi connectivity index (χ0n) is 24.2. The fourth-order valence-corrected chi connectivity index (χ4v) is 6.79. The number of aryl methyl sites for hydroxylation is 2. The minimum Gasteiger partial charge on any atom is -0.479 e. The van der Waals surface area contributed by atoms with E-state index in [4.69, 9.17) is 31.2 Å². The number of aromatic nitrogens is 3. The van der Waals surface area contributed by atoms with Gasteiger partial charge in [0.15, 0.2) is 6.10 Å². The van der Waals surface area contributed by atoms with Crippen molar-refractivity contribution in [3.63, 3.8) is 0 Å². The molecule has 6 rings (SSSR count). The zero-order chi connectivity index (χ0) is 29.8. The molecule has 42 heavy (non-hydrogen) atoms. The number of carboxylic acids is 1. The maximum atomic E-state index is 12.6. The van der Waals surface area contributed by atoms with Crippen LogP contribution in [0.1, 0.15) is 50.1 Å². The second kappa shape index (κ2) is 10.9. The van der Waals surface area contributed by atoms with E-state index in [0.29, 0.717) is 23.8 Å². The number of ether oxygens (including phenoxy) is 2. The number of hydrogen-bond donors (Lipinski definition) is 1. The van der Waals surface area contributed by atoms with E-state index in [1.807, 2.05) is 69.8 Å². The molecular formula is C33H32ClN3O4S. The molecule has 5 aromatic rings. The van der Waals surface area contributed by atoms with Crippen LogP contribution in [0.5, 0.6) is 0 Å². The Morgan fingerprint density at radius 1 is 1.14 bits per heavy atom. The van der Waals surface area contributed by atoms with Gasteiger partial charge in [0.05, 0.1) is 40.2 Å². The lowest BCUT2D eigenvalue weighted by Crippen LogP contribution is -2.28. The van der Waals surface area contributed by atoms with Gasteiger partial charge in [-0.05, 0) is 87.2 Å². The number of carbonyl (C=O) groups is 1. The number of hydrogen-bond acceptors (Lipinski definition) is 6. The summed E-state index contributed by atoms with van der Waals surface area (Å²) in [5.74, 6) is -1.04. The van der Waals surface area contributed by atoms with Crippen molar-refractivity contribution in [2.45, 2.75) is 45.8 Å². The Balaban J connectivity index is 1.57. The molecule has 0 radical (unpaired) electrons. The first-order chi connectivity index (χ1) is 20.0. The summed E-state index contributed by atoms with van der Waals surface area (Å²) in [7, 11) is 1.96. The van der Waals surface area contributed by atoms with E-state index in [0.717, 1.165) is 60.5 Å². The molecule has 3 aromatic carbocycles. The Morgan fingerprint density at radius 2 is 1.88 bits per heavy atom. The lowest BCUT2D eigenvalue weighted by molar-refractivity contribution is -0.160. The summed E-state index contributed by atoms with van der Waals surface area (Å²) in [6.45, 7) is 8.79. The SMILES string of the molecule is Cc1cc2nc(-c3ccc4c(c3)c(C3=CCOCC3)nn4C)sc2c(-c2ccc(Cl)cc2)c1[C@H](OC(C)(C)C)C(=O)O. The van der Waals surface area contributed by atoms with E-state index in [-0.39, 0.29) is 0 Å². The smallest absolute Gasteiger partial charge is 0.337 e. The quantitative estimate of drug-likeness (QED) is 0.211. The molecular weight excluding hydrogens is 570 g/mol. The van der Waals surface area contributed by atoms with Crippen molar-refractivity contribution < 1.29 is 19.4 Å². The van der Waals surface area contributed by atoms with Crippen molar-refractivity contribution in [2.24, 2.45) is 7.05 Å². The number of thiazole rings is 1. The van der Waals surface area contributed by atoms with Gasteiger partial charge in [-0.25, -0.2) is 9.78 Å². The molecule has 0 saturated carbocycles. The lowest BCUT2D eigenvalue weighted by Gasteiger charge is -2.28. The van der Waals surface area contributed by atoms with Crippen molar-refractivity contribution in [3.8, 4) is 21.7 Å². The van der Waals surface area contributed by atoms with Crippen molar-refractivity contribution >= 4 is 55.6 Å². The van der Waals surface area contributed by atoms with Crippen LogP contribution in [0.15, 0.2) is 54.6 Å². The maximum Gasteiger partial charge on any atom is 0.337 e. The van der Waals surface area contributed by atoms with Crippen LogP contribution < -0.4 is 0 Å². The number of benzene rings is 3. The Morgan fingerprint density at radius 3 is 2.55 bits per heavy atom. The number of rotatable bonds is 6. The van der Waals surface area contributed by atoms with Crippen LogP contribution >= 0.6 is 22.9 Å². The standard InChI is InChI=1S/C33H32ClN3O4S/c1-18-16-24-30(27(19-6-9-22(34)10-7-19)26(18)29(32(38)39)41-33(2,3)4)42-31(35-24)21-8-11-25-23(17-21)28(36-37(25)5)20-12-14-40-15-13-20/h6-12,16-17,29H,13-15H2,1-5H3,(H,38,39)/t29-/m0/s1. The van der Waals surface area contributed by atoms with Gasteiger partial charge in [-0.2, -0.15) is 5.10 Å². The van der Waals surface area contributed by atoms with Crippen LogP contribution in [0.25, 0.3) is 48.4 Å². The van der Waals surface area contributed by atoms with Gasteiger partial charge in [0.2, 0.25) is 0 Å². The molecule has 1 aliphatic heterocycles. The van der Waals surface area contributed by atoms with Crippen molar-refractivity contribution in [1.82, 2.24) is 14.8 Å². The summed E-state index contributed by atoms with van der Waals surface area (Å²) in [5, 5.41) is 17.7. The van der Waals surface area contributed by atoms with Crippen LogP contribution in [0.4, 0.5) is 0 Å². The number of fused-ring (bicyclic) bond motifs is 2. The average molecular weight is 602 g/mol. The maximum absolute atomic E-state index is 12.6. The van der Waals surface area contributed by atoms with Crippen LogP contribution in [-0.4, -0.2) is 44.7 Å². The van der Waals surface area contributed by atoms with E-state index in [9.17, 15) is 9.90 Å². The van der Waals surface area contributed by atoms with Crippen LogP contribution in [-0.2, 0) is 21.3 Å². The molecule has 9 heteroatoms. The highest BCUT2D eigenvalue weighted by atomic mass is 35.5. The Labute approximate surface area is 253 Å². The van der Waals surface area contributed by atoms with E-state index < -0.39 is 17.7 Å². The Kier molecular flexibility index (Phi) is 7.43. The summed E-state index contributed by atoms with van der Waals surface area (Å²) < 4.78 is 14.5. The van der Waals surface area contributed by atoms with E-state index in [1.165, 1.54) is 5.57 Å². The van der Waals surface area contributed by atoms with Gasteiger partial charge in [0.1, 0.15) is 5.01 Å². The molecule has 0 aliphatic carbocycles. The van der Waals surface area contributed by atoms with Gasteiger partial charge in [0.25, 0.3) is 0 Å². The monoisotopic (exact) mass is 601 g/mol. The molecule has 1 N–H and O–H groups in total. The van der Waals surface area contributed by atoms with E-state index in [1.54, 1.807) is 11.3 Å². The number of aliphatic carboxylic acids is 1. The summed E-state index contributed by atoms with van der Waals surface area (Å²) in [4.78, 5) is 17.7. The molecule has 0 amide bonds. The first kappa shape index (κ1) is 28.6. The van der Waals surface area contributed by atoms with Gasteiger partial charge in [-0.3, -0.25) is 4.68 Å². The summed E-state index contributed by atoms with van der Waals surface area (Å²) >= 11 is 7.79.